The van der Waals surface area contributed by atoms with Crippen LogP contribution in [-0.2, 0) is 10.0 Å². The van der Waals surface area contributed by atoms with Gasteiger partial charge in [-0.15, -0.1) is 12.4 Å². The van der Waals surface area contributed by atoms with E-state index in [-0.39, 0.29) is 23.2 Å². The molecule has 0 aromatic heterocycles. The molecule has 1 saturated heterocycles. The average molecular weight is 426 g/mol. The van der Waals surface area contributed by atoms with Crippen LogP contribution < -0.4 is 14.8 Å². The second-order valence-corrected chi connectivity index (χ2v) is 7.82. The fourth-order valence-corrected chi connectivity index (χ4v) is 3.95. The maximum Gasteiger partial charge on any atom is 0.261 e. The average Bonchev–Trinajstić information content (AvgIpc) is 2.70. The highest BCUT2D eigenvalue weighted by Crippen LogP contribution is 2.20. The highest BCUT2D eigenvalue weighted by molar-refractivity contribution is 7.92. The van der Waals surface area contributed by atoms with Gasteiger partial charge in [0.2, 0.25) is 0 Å². The Morgan fingerprint density at radius 3 is 2.46 bits per heavy atom. The summed E-state index contributed by atoms with van der Waals surface area (Å²) in [5.74, 6) is 0.513. The van der Waals surface area contributed by atoms with Gasteiger partial charge in [-0.3, -0.25) is 9.52 Å². The van der Waals surface area contributed by atoms with Crippen LogP contribution in [0.1, 0.15) is 17.3 Å². The Morgan fingerprint density at radius 2 is 1.82 bits per heavy atom. The molecule has 2 aromatic carbocycles. The van der Waals surface area contributed by atoms with Crippen LogP contribution in [0, 0.1) is 0 Å². The van der Waals surface area contributed by atoms with Crippen LogP contribution in [0.15, 0.2) is 53.4 Å². The summed E-state index contributed by atoms with van der Waals surface area (Å²) in [4.78, 5) is 14.4. The largest absolute Gasteiger partial charge is 0.494 e. The summed E-state index contributed by atoms with van der Waals surface area (Å²) < 4.78 is 33.3. The molecule has 1 fully saturated rings. The normalized spacial score (nSPS) is 14.1. The number of nitrogens with zero attached hydrogens (tertiary/aromatic N) is 1. The molecule has 0 aliphatic carbocycles. The third kappa shape index (κ3) is 5.37. The summed E-state index contributed by atoms with van der Waals surface area (Å²) in [7, 11) is -3.80. The Kier molecular flexibility index (Phi) is 7.68. The van der Waals surface area contributed by atoms with Crippen molar-refractivity contribution in [1.82, 2.24) is 10.2 Å². The molecule has 1 aliphatic rings. The lowest BCUT2D eigenvalue weighted by Crippen LogP contribution is -2.46. The Bertz CT molecular complexity index is 898. The number of nitrogens with one attached hydrogen (secondary N) is 2. The van der Waals surface area contributed by atoms with Gasteiger partial charge >= 0.3 is 0 Å². The number of anilines is 1. The van der Waals surface area contributed by atoms with Crippen molar-refractivity contribution in [1.29, 1.82) is 0 Å². The summed E-state index contributed by atoms with van der Waals surface area (Å²) in [5, 5.41) is 3.19. The Balaban J connectivity index is 0.00000280. The van der Waals surface area contributed by atoms with E-state index in [1.807, 2.05) is 6.92 Å². The quantitative estimate of drug-likeness (QED) is 0.741. The first-order chi connectivity index (χ1) is 13.0. The zero-order chi connectivity index (χ0) is 19.3. The minimum Gasteiger partial charge on any atom is -0.494 e. The van der Waals surface area contributed by atoms with Gasteiger partial charge in [0.25, 0.3) is 15.9 Å². The summed E-state index contributed by atoms with van der Waals surface area (Å²) in [6, 6.07) is 12.8. The SMILES string of the molecule is CCOc1ccc(NS(=O)(=O)c2cccc(C(=O)N3CCNCC3)c2)cc1.Cl. The molecule has 0 spiro atoms. The van der Waals surface area contributed by atoms with Gasteiger partial charge in [-0.1, -0.05) is 6.07 Å². The minimum atomic E-state index is -3.80. The highest BCUT2D eigenvalue weighted by Gasteiger charge is 2.21. The number of sulfonamides is 1. The van der Waals surface area contributed by atoms with Crippen LogP contribution in [0.4, 0.5) is 5.69 Å². The number of ether oxygens (including phenoxy) is 1. The maximum atomic E-state index is 12.7. The highest BCUT2D eigenvalue weighted by atomic mass is 35.5. The van der Waals surface area contributed by atoms with E-state index < -0.39 is 10.0 Å². The molecular weight excluding hydrogens is 402 g/mol. The fraction of sp³-hybridized carbons (Fsp3) is 0.316. The molecule has 9 heteroatoms. The molecule has 1 aliphatic heterocycles. The Labute approximate surface area is 171 Å². The molecule has 0 bridgehead atoms. The summed E-state index contributed by atoms with van der Waals surface area (Å²) >= 11 is 0. The first kappa shape index (κ1) is 22.0. The molecule has 0 atom stereocenters. The van der Waals surface area contributed by atoms with Crippen molar-refractivity contribution in [3.8, 4) is 5.75 Å². The third-order valence-electron chi connectivity index (χ3n) is 4.21. The van der Waals surface area contributed by atoms with E-state index in [0.29, 0.717) is 36.7 Å². The molecule has 0 saturated carbocycles. The molecular formula is C19H24ClN3O4S. The minimum absolute atomic E-state index is 0. The van der Waals surface area contributed by atoms with Gasteiger partial charge in [-0.25, -0.2) is 8.42 Å². The smallest absolute Gasteiger partial charge is 0.261 e. The molecule has 2 aromatic rings. The summed E-state index contributed by atoms with van der Waals surface area (Å²) in [5.41, 5.74) is 0.795. The molecule has 28 heavy (non-hydrogen) atoms. The number of benzene rings is 2. The lowest BCUT2D eigenvalue weighted by molar-refractivity contribution is 0.0735. The van der Waals surface area contributed by atoms with Crippen molar-refractivity contribution in [3.63, 3.8) is 0 Å². The van der Waals surface area contributed by atoms with Crippen molar-refractivity contribution in [3.05, 3.63) is 54.1 Å². The van der Waals surface area contributed by atoms with Crippen LogP contribution in [0.3, 0.4) is 0 Å². The maximum absolute atomic E-state index is 12.7. The zero-order valence-electron chi connectivity index (χ0n) is 15.6. The van der Waals surface area contributed by atoms with E-state index in [4.69, 9.17) is 4.74 Å². The van der Waals surface area contributed by atoms with Gasteiger partial charge in [0.15, 0.2) is 0 Å². The van der Waals surface area contributed by atoms with Crippen LogP contribution in [0.25, 0.3) is 0 Å². The number of piperazine rings is 1. The van der Waals surface area contributed by atoms with Crippen LogP contribution in [0.2, 0.25) is 0 Å². The number of carbonyl (C=O) groups excluding carboxylic acids is 1. The lowest BCUT2D eigenvalue weighted by atomic mass is 10.2. The molecule has 152 valence electrons. The monoisotopic (exact) mass is 425 g/mol. The standard InChI is InChI=1S/C19H23N3O4S.ClH/c1-2-26-17-8-6-16(7-9-17)21-27(24,25)18-5-3-4-15(14-18)19(23)22-12-10-20-11-13-22;/h3-9,14,20-21H,2,10-13H2,1H3;1H. The molecule has 0 unspecified atom stereocenters. The number of carbonyl (C=O) groups is 1. The molecule has 0 radical (unpaired) electrons. The van der Waals surface area contributed by atoms with Gasteiger partial charge < -0.3 is 15.0 Å². The van der Waals surface area contributed by atoms with Crippen molar-refractivity contribution in [2.45, 2.75) is 11.8 Å². The Hall–Kier alpha value is -2.29. The number of hydrogen-bond acceptors (Lipinski definition) is 5. The number of halogens is 1. The lowest BCUT2D eigenvalue weighted by Gasteiger charge is -2.27. The molecule has 1 heterocycles. The van der Waals surface area contributed by atoms with E-state index in [1.54, 1.807) is 41.3 Å². The van der Waals surface area contributed by atoms with Crippen molar-refractivity contribution in [2.24, 2.45) is 0 Å². The number of amides is 1. The van der Waals surface area contributed by atoms with Crippen LogP contribution in [0.5, 0.6) is 5.75 Å². The van der Waals surface area contributed by atoms with Gasteiger partial charge in [-0.2, -0.15) is 0 Å². The second kappa shape index (κ2) is 9.77. The van der Waals surface area contributed by atoms with E-state index >= 15 is 0 Å². The number of hydrogen-bond donors (Lipinski definition) is 2. The molecule has 3 rings (SSSR count). The zero-order valence-corrected chi connectivity index (χ0v) is 17.2. The van der Waals surface area contributed by atoms with Gasteiger partial charge in [0.05, 0.1) is 11.5 Å². The predicted octanol–water partition coefficient (Wildman–Crippen LogP) is 2.35. The molecule has 1 amide bonds. The second-order valence-electron chi connectivity index (χ2n) is 6.13. The van der Waals surface area contributed by atoms with Gasteiger partial charge in [0, 0.05) is 37.4 Å². The summed E-state index contributed by atoms with van der Waals surface area (Å²) in [6.45, 7) is 5.12. The van der Waals surface area contributed by atoms with Crippen LogP contribution in [-0.4, -0.2) is 52.0 Å². The van der Waals surface area contributed by atoms with Crippen molar-refractivity contribution >= 4 is 34.0 Å². The Morgan fingerprint density at radius 1 is 1.14 bits per heavy atom. The molecule has 7 nitrogen and oxygen atoms in total. The van der Waals surface area contributed by atoms with Crippen molar-refractivity contribution < 1.29 is 17.9 Å². The van der Waals surface area contributed by atoms with Crippen molar-refractivity contribution in [2.75, 3.05) is 37.5 Å². The summed E-state index contributed by atoms with van der Waals surface area (Å²) in [6.07, 6.45) is 0. The van der Waals surface area contributed by atoms with Crippen LogP contribution >= 0.6 is 12.4 Å². The fourth-order valence-electron chi connectivity index (χ4n) is 2.85. The van der Waals surface area contributed by atoms with Gasteiger partial charge in [-0.05, 0) is 49.4 Å². The van der Waals surface area contributed by atoms with Gasteiger partial charge in [0.1, 0.15) is 5.75 Å². The van der Waals surface area contributed by atoms with E-state index in [0.717, 1.165) is 13.1 Å². The first-order valence-electron chi connectivity index (χ1n) is 8.85. The predicted molar refractivity (Wildman–Crippen MR) is 111 cm³/mol. The third-order valence-corrected chi connectivity index (χ3v) is 5.59. The van der Waals surface area contributed by atoms with E-state index in [1.165, 1.54) is 12.1 Å². The molecule has 2 N–H and O–H groups in total. The topological polar surface area (TPSA) is 87.7 Å². The number of rotatable bonds is 6. The van der Waals surface area contributed by atoms with E-state index in [2.05, 4.69) is 10.0 Å². The first-order valence-corrected chi connectivity index (χ1v) is 10.3. The van der Waals surface area contributed by atoms with E-state index in [9.17, 15) is 13.2 Å².